The summed E-state index contributed by atoms with van der Waals surface area (Å²) < 4.78 is 3.87. The zero-order valence-electron chi connectivity index (χ0n) is 11.4. The number of hydrogen-bond acceptors (Lipinski definition) is 4. The Bertz CT molecular complexity index is 725. The molecule has 0 fully saturated rings. The van der Waals surface area contributed by atoms with Crippen molar-refractivity contribution < 1.29 is 0 Å². The number of aromatic nitrogens is 5. The van der Waals surface area contributed by atoms with Crippen LogP contribution in [0.5, 0.6) is 0 Å². The van der Waals surface area contributed by atoms with Gasteiger partial charge >= 0.3 is 0 Å². The number of hydrogen-bond donors (Lipinski definition) is 1. The van der Waals surface area contributed by atoms with Crippen LogP contribution in [0.1, 0.15) is 19.9 Å². The van der Waals surface area contributed by atoms with Crippen LogP contribution in [0.25, 0.3) is 16.9 Å². The fourth-order valence-electron chi connectivity index (χ4n) is 2.07. The van der Waals surface area contributed by atoms with Crippen LogP contribution in [0.15, 0.2) is 43.2 Å². The predicted molar refractivity (Wildman–Crippen MR) is 77.4 cm³/mol. The number of imidazole rings is 1. The Labute approximate surface area is 116 Å². The van der Waals surface area contributed by atoms with Crippen molar-refractivity contribution in [2.45, 2.75) is 19.9 Å². The zero-order valence-corrected chi connectivity index (χ0v) is 11.4. The van der Waals surface area contributed by atoms with Gasteiger partial charge in [0.25, 0.3) is 0 Å². The Hall–Kier alpha value is -2.63. The van der Waals surface area contributed by atoms with E-state index in [-0.39, 0.29) is 0 Å². The topological polar surface area (TPSA) is 74.5 Å². The first kappa shape index (κ1) is 12.4. The molecule has 0 spiro atoms. The molecule has 0 saturated heterocycles. The molecule has 0 amide bonds. The first-order chi connectivity index (χ1) is 9.66. The molecule has 0 aliphatic rings. The number of nitrogen functional groups attached to an aromatic ring is 1. The van der Waals surface area contributed by atoms with Gasteiger partial charge in [0, 0.05) is 24.0 Å². The molecular formula is C14H16N6. The van der Waals surface area contributed by atoms with Crippen molar-refractivity contribution in [3.63, 3.8) is 0 Å². The maximum Gasteiger partial charge on any atom is 0.132 e. The monoisotopic (exact) mass is 268 g/mol. The van der Waals surface area contributed by atoms with Crippen molar-refractivity contribution in [2.75, 3.05) is 5.73 Å². The average Bonchev–Trinajstić information content (AvgIpc) is 3.07. The number of anilines is 1. The number of nitrogens with zero attached hydrogens (tertiary/aromatic N) is 5. The number of rotatable bonds is 3. The van der Waals surface area contributed by atoms with Gasteiger partial charge < -0.3 is 5.73 Å². The van der Waals surface area contributed by atoms with Gasteiger partial charge in [-0.1, -0.05) is 0 Å². The largest absolute Gasteiger partial charge is 0.383 e. The third-order valence-corrected chi connectivity index (χ3v) is 3.15. The van der Waals surface area contributed by atoms with E-state index in [9.17, 15) is 0 Å². The quantitative estimate of drug-likeness (QED) is 0.791. The predicted octanol–water partition coefficient (Wildman–Crippen LogP) is 2.29. The lowest BCUT2D eigenvalue weighted by atomic mass is 10.2. The van der Waals surface area contributed by atoms with E-state index in [1.54, 1.807) is 18.7 Å². The van der Waals surface area contributed by atoms with Crippen molar-refractivity contribution in [1.29, 1.82) is 0 Å². The van der Waals surface area contributed by atoms with Gasteiger partial charge in [-0.25, -0.2) is 9.97 Å². The molecule has 3 aromatic heterocycles. The third kappa shape index (κ3) is 2.05. The molecule has 0 unspecified atom stereocenters. The lowest BCUT2D eigenvalue weighted by Crippen LogP contribution is -2.01. The van der Waals surface area contributed by atoms with Crippen LogP contribution in [-0.4, -0.2) is 24.3 Å². The van der Waals surface area contributed by atoms with Crippen LogP contribution in [0.3, 0.4) is 0 Å². The van der Waals surface area contributed by atoms with E-state index in [0.29, 0.717) is 11.9 Å². The van der Waals surface area contributed by atoms with Gasteiger partial charge in [-0.15, -0.1) is 0 Å². The second kappa shape index (κ2) is 4.80. The van der Waals surface area contributed by atoms with Crippen LogP contribution >= 0.6 is 0 Å². The molecule has 2 N–H and O–H groups in total. The molecular weight excluding hydrogens is 252 g/mol. The molecule has 6 nitrogen and oxygen atoms in total. The molecule has 3 aromatic rings. The summed E-state index contributed by atoms with van der Waals surface area (Å²) in [6.07, 6.45) is 9.01. The van der Waals surface area contributed by atoms with Gasteiger partial charge in [-0.3, -0.25) is 9.25 Å². The lowest BCUT2D eigenvalue weighted by Gasteiger charge is -2.07. The minimum atomic E-state index is 0.319. The first-order valence-electron chi connectivity index (χ1n) is 6.44. The van der Waals surface area contributed by atoms with Gasteiger partial charge in [0.2, 0.25) is 0 Å². The molecule has 0 radical (unpaired) electrons. The van der Waals surface area contributed by atoms with Crippen LogP contribution in [-0.2, 0) is 0 Å². The Morgan fingerprint density at radius 3 is 2.80 bits per heavy atom. The highest BCUT2D eigenvalue weighted by Gasteiger charge is 2.12. The van der Waals surface area contributed by atoms with Crippen molar-refractivity contribution in [2.24, 2.45) is 0 Å². The summed E-state index contributed by atoms with van der Waals surface area (Å²) in [5, 5.41) is 4.35. The lowest BCUT2D eigenvalue weighted by molar-refractivity contribution is 0.532. The molecule has 6 heteroatoms. The summed E-state index contributed by atoms with van der Waals surface area (Å²) >= 11 is 0. The van der Waals surface area contributed by atoms with E-state index in [0.717, 1.165) is 16.9 Å². The molecule has 0 aliphatic carbocycles. The summed E-state index contributed by atoms with van der Waals surface area (Å²) in [4.78, 5) is 8.33. The zero-order chi connectivity index (χ0) is 14.1. The molecule has 20 heavy (non-hydrogen) atoms. The summed E-state index contributed by atoms with van der Waals surface area (Å²) in [5.74, 6) is 0.491. The highest BCUT2D eigenvalue weighted by atomic mass is 15.3. The van der Waals surface area contributed by atoms with E-state index in [2.05, 4.69) is 28.9 Å². The summed E-state index contributed by atoms with van der Waals surface area (Å²) in [5.41, 5.74) is 8.66. The minimum Gasteiger partial charge on any atom is -0.383 e. The molecule has 0 bridgehead atoms. The maximum absolute atomic E-state index is 5.94. The van der Waals surface area contributed by atoms with Gasteiger partial charge in [-0.05, 0) is 26.0 Å². The molecule has 0 aromatic carbocycles. The summed E-state index contributed by atoms with van der Waals surface area (Å²) in [6, 6.07) is 4.11. The van der Waals surface area contributed by atoms with Gasteiger partial charge in [0.1, 0.15) is 5.82 Å². The normalized spacial score (nSPS) is 11.2. The van der Waals surface area contributed by atoms with E-state index < -0.39 is 0 Å². The highest BCUT2D eigenvalue weighted by Crippen LogP contribution is 2.26. The van der Waals surface area contributed by atoms with Crippen LogP contribution in [0, 0.1) is 0 Å². The smallest absolute Gasteiger partial charge is 0.132 e. The maximum atomic E-state index is 5.94. The molecule has 0 aliphatic heterocycles. The van der Waals surface area contributed by atoms with Crippen molar-refractivity contribution >= 4 is 5.82 Å². The first-order valence-corrected chi connectivity index (χ1v) is 6.44. The van der Waals surface area contributed by atoms with Crippen LogP contribution in [0.4, 0.5) is 5.82 Å². The minimum absolute atomic E-state index is 0.319. The van der Waals surface area contributed by atoms with E-state index in [1.165, 1.54) is 0 Å². The van der Waals surface area contributed by atoms with E-state index in [4.69, 9.17) is 5.73 Å². The fraction of sp³-hybridized carbons (Fsp3) is 0.214. The SMILES string of the molecule is CC(C)n1cc(-n2cncc2-c2cccnc2N)cn1. The van der Waals surface area contributed by atoms with E-state index >= 15 is 0 Å². The molecule has 3 heterocycles. The standard InChI is InChI=1S/C14H16N6/c1-10(2)20-8-11(6-18-20)19-9-16-7-13(19)12-4-3-5-17-14(12)15/h3-10H,1-2H3,(H2,15,17). The molecule has 0 atom stereocenters. The molecule has 0 saturated carbocycles. The number of nitrogens with two attached hydrogens (primary N) is 1. The van der Waals surface area contributed by atoms with E-state index in [1.807, 2.05) is 33.8 Å². The van der Waals surface area contributed by atoms with Crippen molar-refractivity contribution in [1.82, 2.24) is 24.3 Å². The Balaban J connectivity index is 2.08. The third-order valence-electron chi connectivity index (χ3n) is 3.15. The molecule has 102 valence electrons. The van der Waals surface area contributed by atoms with Gasteiger partial charge in [-0.2, -0.15) is 5.10 Å². The second-order valence-electron chi connectivity index (χ2n) is 4.86. The Morgan fingerprint density at radius 2 is 2.10 bits per heavy atom. The fourth-order valence-corrected chi connectivity index (χ4v) is 2.07. The Kier molecular flexibility index (Phi) is 2.98. The average molecular weight is 268 g/mol. The number of pyridine rings is 1. The second-order valence-corrected chi connectivity index (χ2v) is 4.86. The van der Waals surface area contributed by atoms with Gasteiger partial charge in [0.15, 0.2) is 0 Å². The summed E-state index contributed by atoms with van der Waals surface area (Å²) in [7, 11) is 0. The van der Waals surface area contributed by atoms with Gasteiger partial charge in [0.05, 0.1) is 30.1 Å². The highest BCUT2D eigenvalue weighted by molar-refractivity contribution is 5.71. The Morgan fingerprint density at radius 1 is 1.25 bits per heavy atom. The van der Waals surface area contributed by atoms with Crippen molar-refractivity contribution in [3.05, 3.63) is 43.2 Å². The van der Waals surface area contributed by atoms with Crippen LogP contribution < -0.4 is 5.73 Å². The molecule has 3 rings (SSSR count). The summed E-state index contributed by atoms with van der Waals surface area (Å²) in [6.45, 7) is 4.18. The van der Waals surface area contributed by atoms with Crippen molar-refractivity contribution in [3.8, 4) is 16.9 Å². The van der Waals surface area contributed by atoms with Crippen LogP contribution in [0.2, 0.25) is 0 Å².